The Bertz CT molecular complexity index is 1550. The first-order chi connectivity index (χ1) is 16.5. The van der Waals surface area contributed by atoms with Crippen LogP contribution >= 0.6 is 0 Å². The minimum Gasteiger partial charge on any atom is -0.454 e. The van der Waals surface area contributed by atoms with Crippen LogP contribution in [0.25, 0.3) is 44.5 Å². The summed E-state index contributed by atoms with van der Waals surface area (Å²) in [5.74, 6) is 0.661. The van der Waals surface area contributed by atoms with E-state index >= 15 is 0 Å². The molecule has 0 unspecified atom stereocenters. The van der Waals surface area contributed by atoms with Gasteiger partial charge < -0.3 is 14.7 Å². The van der Waals surface area contributed by atoms with E-state index in [1.807, 2.05) is 42.5 Å². The third-order valence-electron chi connectivity index (χ3n) is 6.91. The molecule has 0 aliphatic heterocycles. The summed E-state index contributed by atoms with van der Waals surface area (Å²) in [6.07, 6.45) is 9.89. The lowest BCUT2D eigenvalue weighted by Crippen LogP contribution is -2.43. The monoisotopic (exact) mass is 448 g/mol. The molecule has 3 aromatic heterocycles. The molecule has 0 bridgehead atoms. The lowest BCUT2D eigenvalue weighted by molar-refractivity contribution is 0.253. The number of fused-ring (bicyclic) bond motifs is 1. The number of benzene rings is 2. The highest BCUT2D eigenvalue weighted by atomic mass is 16.3. The number of rotatable bonds is 4. The quantitative estimate of drug-likeness (QED) is 0.405. The van der Waals surface area contributed by atoms with E-state index in [0.29, 0.717) is 16.7 Å². The SMILES string of the molecule is Cn1cc(-c2cncnc2)c2oc(-c3ccc(C4(N)CCC4)cc3)c(-c3ccccc3)c2c1=O. The fraction of sp³-hybridized carbons (Fsp3) is 0.179. The van der Waals surface area contributed by atoms with Gasteiger partial charge in [0.1, 0.15) is 17.7 Å². The molecular weight excluding hydrogens is 424 g/mol. The number of aromatic nitrogens is 3. The molecule has 0 saturated heterocycles. The predicted octanol–water partition coefficient (Wildman–Crippen LogP) is 5.26. The zero-order valence-electron chi connectivity index (χ0n) is 18.9. The lowest BCUT2D eigenvalue weighted by atomic mass is 9.72. The van der Waals surface area contributed by atoms with Crippen LogP contribution in [0.4, 0.5) is 0 Å². The van der Waals surface area contributed by atoms with Crippen molar-refractivity contribution in [2.75, 3.05) is 0 Å². The predicted molar refractivity (Wildman–Crippen MR) is 133 cm³/mol. The van der Waals surface area contributed by atoms with Gasteiger partial charge in [0.15, 0.2) is 0 Å². The Hall–Kier alpha value is -4.03. The first-order valence-electron chi connectivity index (χ1n) is 11.4. The van der Waals surface area contributed by atoms with Gasteiger partial charge in [-0.15, -0.1) is 0 Å². The van der Waals surface area contributed by atoms with Crippen molar-refractivity contribution in [2.24, 2.45) is 12.8 Å². The number of nitrogens with two attached hydrogens (primary N) is 1. The second kappa shape index (κ2) is 7.78. The molecule has 6 nitrogen and oxygen atoms in total. The van der Waals surface area contributed by atoms with E-state index in [0.717, 1.165) is 52.6 Å². The van der Waals surface area contributed by atoms with Crippen LogP contribution in [-0.4, -0.2) is 14.5 Å². The summed E-state index contributed by atoms with van der Waals surface area (Å²) in [6, 6.07) is 18.2. The van der Waals surface area contributed by atoms with Crippen molar-refractivity contribution in [1.82, 2.24) is 14.5 Å². The van der Waals surface area contributed by atoms with Crippen LogP contribution in [-0.2, 0) is 12.6 Å². The first kappa shape index (κ1) is 20.6. The molecule has 2 N–H and O–H groups in total. The van der Waals surface area contributed by atoms with E-state index in [2.05, 4.69) is 22.1 Å². The van der Waals surface area contributed by atoms with E-state index in [1.54, 1.807) is 30.2 Å². The summed E-state index contributed by atoms with van der Waals surface area (Å²) in [5, 5.41) is 0.545. The average Bonchev–Trinajstić information content (AvgIpc) is 3.27. The van der Waals surface area contributed by atoms with Gasteiger partial charge in [-0.1, -0.05) is 54.6 Å². The summed E-state index contributed by atoms with van der Waals surface area (Å²) < 4.78 is 8.12. The van der Waals surface area contributed by atoms with Crippen molar-refractivity contribution in [3.63, 3.8) is 0 Å². The maximum absolute atomic E-state index is 13.4. The van der Waals surface area contributed by atoms with Crippen LogP contribution in [0.3, 0.4) is 0 Å². The zero-order valence-corrected chi connectivity index (χ0v) is 18.9. The third-order valence-corrected chi connectivity index (χ3v) is 6.91. The number of aryl methyl sites for hydroxylation is 1. The Kier molecular flexibility index (Phi) is 4.71. The Morgan fingerprint density at radius 2 is 1.65 bits per heavy atom. The molecular formula is C28H24N4O2. The Labute approximate surface area is 196 Å². The summed E-state index contributed by atoms with van der Waals surface area (Å²) in [6.45, 7) is 0. The summed E-state index contributed by atoms with van der Waals surface area (Å²) in [5.41, 5.74) is 12.0. The molecule has 0 amide bonds. The van der Waals surface area contributed by atoms with Gasteiger partial charge in [-0.2, -0.15) is 0 Å². The normalized spacial score (nSPS) is 14.8. The first-order valence-corrected chi connectivity index (χ1v) is 11.4. The van der Waals surface area contributed by atoms with E-state index in [4.69, 9.17) is 10.2 Å². The molecule has 0 atom stereocenters. The second-order valence-corrected chi connectivity index (χ2v) is 9.05. The van der Waals surface area contributed by atoms with Gasteiger partial charge in [-0.25, -0.2) is 9.97 Å². The topological polar surface area (TPSA) is 86.9 Å². The fourth-order valence-corrected chi connectivity index (χ4v) is 4.84. The molecule has 34 heavy (non-hydrogen) atoms. The van der Waals surface area contributed by atoms with Gasteiger partial charge in [0.25, 0.3) is 5.56 Å². The molecule has 1 saturated carbocycles. The molecule has 5 aromatic rings. The van der Waals surface area contributed by atoms with Crippen LogP contribution in [0, 0.1) is 0 Å². The average molecular weight is 449 g/mol. The number of pyridine rings is 1. The number of nitrogens with zero attached hydrogens (tertiary/aromatic N) is 3. The summed E-state index contributed by atoms with van der Waals surface area (Å²) in [4.78, 5) is 21.8. The van der Waals surface area contributed by atoms with Gasteiger partial charge in [-0.3, -0.25) is 4.79 Å². The molecule has 6 heteroatoms. The van der Waals surface area contributed by atoms with Crippen LogP contribution in [0.1, 0.15) is 24.8 Å². The molecule has 0 spiro atoms. The van der Waals surface area contributed by atoms with Crippen molar-refractivity contribution >= 4 is 11.0 Å². The molecule has 3 heterocycles. The van der Waals surface area contributed by atoms with Crippen molar-refractivity contribution in [2.45, 2.75) is 24.8 Å². The lowest BCUT2D eigenvalue weighted by Gasteiger charge is -2.38. The molecule has 1 aliphatic carbocycles. The van der Waals surface area contributed by atoms with Crippen molar-refractivity contribution < 1.29 is 4.42 Å². The van der Waals surface area contributed by atoms with E-state index in [1.165, 1.54) is 6.33 Å². The minimum atomic E-state index is -0.231. The Morgan fingerprint density at radius 3 is 2.29 bits per heavy atom. The molecule has 1 fully saturated rings. The van der Waals surface area contributed by atoms with Gasteiger partial charge in [0.2, 0.25) is 0 Å². The molecule has 1 aliphatic rings. The van der Waals surface area contributed by atoms with Gasteiger partial charge >= 0.3 is 0 Å². The summed E-state index contributed by atoms with van der Waals surface area (Å²) >= 11 is 0. The van der Waals surface area contributed by atoms with Crippen molar-refractivity contribution in [1.29, 1.82) is 0 Å². The van der Waals surface area contributed by atoms with E-state index in [9.17, 15) is 4.79 Å². The van der Waals surface area contributed by atoms with Gasteiger partial charge in [-0.05, 0) is 30.4 Å². The van der Waals surface area contributed by atoms with E-state index in [-0.39, 0.29) is 11.1 Å². The number of hydrogen-bond acceptors (Lipinski definition) is 5. The largest absolute Gasteiger partial charge is 0.454 e. The van der Waals surface area contributed by atoms with Crippen LogP contribution in [0.15, 0.2) is 88.7 Å². The highest BCUT2D eigenvalue weighted by Crippen LogP contribution is 2.44. The fourth-order valence-electron chi connectivity index (χ4n) is 4.84. The Balaban J connectivity index is 1.64. The zero-order chi connectivity index (χ0) is 23.3. The minimum absolute atomic E-state index is 0.114. The second-order valence-electron chi connectivity index (χ2n) is 9.05. The highest BCUT2D eigenvalue weighted by molar-refractivity contribution is 6.06. The van der Waals surface area contributed by atoms with Gasteiger partial charge in [0, 0.05) is 53.4 Å². The van der Waals surface area contributed by atoms with Crippen molar-refractivity contribution in [3.8, 4) is 33.6 Å². The Morgan fingerprint density at radius 1 is 0.941 bits per heavy atom. The molecule has 0 radical (unpaired) electrons. The maximum Gasteiger partial charge on any atom is 0.262 e. The van der Waals surface area contributed by atoms with Crippen LogP contribution in [0.2, 0.25) is 0 Å². The van der Waals surface area contributed by atoms with Crippen LogP contribution in [0.5, 0.6) is 0 Å². The molecule has 168 valence electrons. The van der Waals surface area contributed by atoms with Crippen LogP contribution < -0.4 is 11.3 Å². The standard InChI is InChI=1S/C28H24N4O2/c1-32-16-22(20-14-30-17-31-15-20)26-24(27(32)33)23(18-6-3-2-4-7-18)25(34-26)19-8-10-21(11-9-19)28(29)12-5-13-28/h2-4,6-11,14-17H,5,12-13,29H2,1H3. The molecule has 2 aromatic carbocycles. The highest BCUT2D eigenvalue weighted by Gasteiger charge is 2.34. The third kappa shape index (κ3) is 3.18. The number of hydrogen-bond donors (Lipinski definition) is 1. The maximum atomic E-state index is 13.4. The van der Waals surface area contributed by atoms with Crippen molar-refractivity contribution in [3.05, 3.63) is 95.4 Å². The van der Waals surface area contributed by atoms with Gasteiger partial charge in [0.05, 0.1) is 5.39 Å². The van der Waals surface area contributed by atoms with E-state index < -0.39 is 0 Å². The summed E-state index contributed by atoms with van der Waals surface area (Å²) in [7, 11) is 1.75. The smallest absolute Gasteiger partial charge is 0.262 e. The number of furan rings is 1. The molecule has 6 rings (SSSR count).